The first-order valence-corrected chi connectivity index (χ1v) is 7.46. The molecule has 3 aromatic rings. The molecule has 3 rings (SSSR count). The molecular formula is C16H13ClFN5O. The number of hydrogen-bond acceptors (Lipinski definition) is 4. The number of hydrogen-bond donors (Lipinski definition) is 3. The van der Waals surface area contributed by atoms with Crippen LogP contribution in [0.25, 0.3) is 0 Å². The van der Waals surface area contributed by atoms with Crippen molar-refractivity contribution in [3.63, 3.8) is 0 Å². The fourth-order valence-corrected chi connectivity index (χ4v) is 2.17. The van der Waals surface area contributed by atoms with Gasteiger partial charge in [0.15, 0.2) is 11.5 Å². The van der Waals surface area contributed by atoms with Crippen molar-refractivity contribution >= 4 is 29.0 Å². The zero-order chi connectivity index (χ0) is 16.9. The summed E-state index contributed by atoms with van der Waals surface area (Å²) in [5.74, 6) is -0.579. The van der Waals surface area contributed by atoms with Crippen LogP contribution in [-0.2, 0) is 6.54 Å². The lowest BCUT2D eigenvalue weighted by atomic mass is 10.2. The second kappa shape index (κ2) is 7.10. The third-order valence-electron chi connectivity index (χ3n) is 3.27. The minimum atomic E-state index is -0.469. The molecule has 0 bridgehead atoms. The molecule has 0 atom stereocenters. The summed E-state index contributed by atoms with van der Waals surface area (Å²) in [6.45, 7) is 0.0543. The Labute approximate surface area is 142 Å². The maximum atomic E-state index is 13.6. The summed E-state index contributed by atoms with van der Waals surface area (Å²) < 4.78 is 13.6. The molecule has 1 aromatic heterocycles. The molecule has 2 aromatic carbocycles. The number of rotatable bonds is 5. The van der Waals surface area contributed by atoms with Crippen LogP contribution in [0.3, 0.4) is 0 Å². The van der Waals surface area contributed by atoms with Gasteiger partial charge in [-0.25, -0.2) is 4.39 Å². The molecule has 0 unspecified atom stereocenters. The van der Waals surface area contributed by atoms with Crippen LogP contribution < -0.4 is 10.6 Å². The van der Waals surface area contributed by atoms with Crippen LogP contribution in [0.1, 0.15) is 16.1 Å². The molecule has 0 aliphatic carbocycles. The van der Waals surface area contributed by atoms with Crippen LogP contribution in [0.15, 0.2) is 48.5 Å². The monoisotopic (exact) mass is 345 g/mol. The van der Waals surface area contributed by atoms with E-state index in [9.17, 15) is 9.18 Å². The van der Waals surface area contributed by atoms with Gasteiger partial charge in [0.05, 0.1) is 0 Å². The lowest BCUT2D eigenvalue weighted by Crippen LogP contribution is -2.24. The second-order valence-corrected chi connectivity index (χ2v) is 5.36. The van der Waals surface area contributed by atoms with E-state index in [1.54, 1.807) is 42.5 Å². The molecule has 0 saturated carbocycles. The average Bonchev–Trinajstić information content (AvgIpc) is 3.04. The van der Waals surface area contributed by atoms with Crippen molar-refractivity contribution in [3.05, 3.63) is 70.6 Å². The minimum Gasteiger partial charge on any atom is -0.346 e. The number of carbonyl (C=O) groups is 1. The van der Waals surface area contributed by atoms with E-state index in [2.05, 4.69) is 26.0 Å². The standard InChI is InChI=1S/C16H13ClFN5O/c17-11-5-7-12(8-6-11)20-15-14(21-23-22-15)16(24)19-9-10-3-1-2-4-13(10)18/h1-8H,9H2,(H,19,24)(H2,20,21,22,23). The van der Waals surface area contributed by atoms with E-state index in [0.717, 1.165) is 0 Å². The minimum absolute atomic E-state index is 0.0543. The Balaban J connectivity index is 1.69. The number of aromatic nitrogens is 3. The maximum Gasteiger partial charge on any atom is 0.275 e. The Kier molecular flexibility index (Phi) is 4.72. The number of H-pyrrole nitrogens is 1. The van der Waals surface area contributed by atoms with E-state index in [4.69, 9.17) is 11.6 Å². The van der Waals surface area contributed by atoms with E-state index in [1.165, 1.54) is 6.07 Å². The molecule has 0 aliphatic heterocycles. The van der Waals surface area contributed by atoms with E-state index in [-0.39, 0.29) is 23.9 Å². The van der Waals surface area contributed by atoms with Crippen LogP contribution in [0.4, 0.5) is 15.9 Å². The average molecular weight is 346 g/mol. The zero-order valence-corrected chi connectivity index (χ0v) is 13.1. The zero-order valence-electron chi connectivity index (χ0n) is 12.4. The molecule has 1 amide bonds. The molecule has 0 fully saturated rings. The Morgan fingerprint density at radius 1 is 1.12 bits per heavy atom. The number of carbonyl (C=O) groups excluding carboxylic acids is 1. The number of nitrogens with one attached hydrogen (secondary N) is 3. The van der Waals surface area contributed by atoms with Crippen molar-refractivity contribution in [2.75, 3.05) is 5.32 Å². The molecule has 24 heavy (non-hydrogen) atoms. The first kappa shape index (κ1) is 15.9. The van der Waals surface area contributed by atoms with Gasteiger partial charge in [0.2, 0.25) is 0 Å². The lowest BCUT2D eigenvalue weighted by molar-refractivity contribution is 0.0946. The summed E-state index contributed by atoms with van der Waals surface area (Å²) in [7, 11) is 0. The summed E-state index contributed by atoms with van der Waals surface area (Å²) in [6.07, 6.45) is 0. The Morgan fingerprint density at radius 2 is 1.88 bits per heavy atom. The van der Waals surface area contributed by atoms with Gasteiger partial charge in [0.1, 0.15) is 5.82 Å². The fraction of sp³-hybridized carbons (Fsp3) is 0.0625. The van der Waals surface area contributed by atoms with E-state index in [1.807, 2.05) is 0 Å². The SMILES string of the molecule is O=C(NCc1ccccc1F)c1n[nH]nc1Nc1ccc(Cl)cc1. The molecule has 1 heterocycles. The summed E-state index contributed by atoms with van der Waals surface area (Å²) in [5.41, 5.74) is 1.18. The van der Waals surface area contributed by atoms with Gasteiger partial charge in [0, 0.05) is 22.8 Å². The van der Waals surface area contributed by atoms with Gasteiger partial charge in [-0.15, -0.1) is 10.2 Å². The van der Waals surface area contributed by atoms with Crippen molar-refractivity contribution in [1.29, 1.82) is 0 Å². The molecule has 6 nitrogen and oxygen atoms in total. The maximum absolute atomic E-state index is 13.6. The van der Waals surface area contributed by atoms with Crippen molar-refractivity contribution in [2.24, 2.45) is 0 Å². The summed E-state index contributed by atoms with van der Waals surface area (Å²) in [5, 5.41) is 16.3. The lowest BCUT2D eigenvalue weighted by Gasteiger charge is -2.07. The predicted octanol–water partition coefficient (Wildman–Crippen LogP) is 3.27. The van der Waals surface area contributed by atoms with E-state index >= 15 is 0 Å². The third kappa shape index (κ3) is 3.69. The predicted molar refractivity (Wildman–Crippen MR) is 88.7 cm³/mol. The summed E-state index contributed by atoms with van der Waals surface area (Å²) in [4.78, 5) is 12.2. The molecule has 0 aliphatic rings. The summed E-state index contributed by atoms with van der Waals surface area (Å²) >= 11 is 5.83. The number of halogens is 2. The number of amides is 1. The Hall–Kier alpha value is -2.93. The van der Waals surface area contributed by atoms with E-state index in [0.29, 0.717) is 16.3 Å². The third-order valence-corrected chi connectivity index (χ3v) is 3.52. The highest BCUT2D eigenvalue weighted by molar-refractivity contribution is 6.30. The highest BCUT2D eigenvalue weighted by Gasteiger charge is 2.17. The smallest absolute Gasteiger partial charge is 0.275 e. The van der Waals surface area contributed by atoms with Gasteiger partial charge in [-0.3, -0.25) is 4.79 Å². The van der Waals surface area contributed by atoms with Crippen molar-refractivity contribution in [3.8, 4) is 0 Å². The largest absolute Gasteiger partial charge is 0.346 e. The normalized spacial score (nSPS) is 10.4. The first-order valence-electron chi connectivity index (χ1n) is 7.08. The van der Waals surface area contributed by atoms with Gasteiger partial charge >= 0.3 is 0 Å². The molecule has 0 spiro atoms. The molecule has 122 valence electrons. The Bertz CT molecular complexity index is 850. The van der Waals surface area contributed by atoms with Gasteiger partial charge in [-0.2, -0.15) is 5.21 Å². The van der Waals surface area contributed by atoms with Crippen molar-refractivity contribution < 1.29 is 9.18 Å². The van der Waals surface area contributed by atoms with Crippen LogP contribution in [-0.4, -0.2) is 21.3 Å². The van der Waals surface area contributed by atoms with E-state index < -0.39 is 5.91 Å². The van der Waals surface area contributed by atoms with Gasteiger partial charge < -0.3 is 10.6 Å². The van der Waals surface area contributed by atoms with Gasteiger partial charge in [-0.05, 0) is 30.3 Å². The molecule has 3 N–H and O–H groups in total. The molecule has 8 heteroatoms. The highest BCUT2D eigenvalue weighted by atomic mass is 35.5. The number of aromatic amines is 1. The van der Waals surface area contributed by atoms with Gasteiger partial charge in [0.25, 0.3) is 5.91 Å². The first-order chi connectivity index (χ1) is 11.6. The number of nitrogens with zero attached hydrogens (tertiary/aromatic N) is 2. The van der Waals surface area contributed by atoms with Gasteiger partial charge in [-0.1, -0.05) is 29.8 Å². The molecular weight excluding hydrogens is 333 g/mol. The highest BCUT2D eigenvalue weighted by Crippen LogP contribution is 2.19. The second-order valence-electron chi connectivity index (χ2n) is 4.93. The fourth-order valence-electron chi connectivity index (χ4n) is 2.05. The van der Waals surface area contributed by atoms with Crippen LogP contribution in [0.5, 0.6) is 0 Å². The number of anilines is 2. The van der Waals surface area contributed by atoms with Crippen LogP contribution >= 0.6 is 11.6 Å². The number of benzene rings is 2. The Morgan fingerprint density at radius 3 is 2.62 bits per heavy atom. The molecule has 0 radical (unpaired) electrons. The quantitative estimate of drug-likeness (QED) is 0.662. The topological polar surface area (TPSA) is 82.7 Å². The van der Waals surface area contributed by atoms with Crippen LogP contribution in [0, 0.1) is 5.82 Å². The van der Waals surface area contributed by atoms with Crippen molar-refractivity contribution in [1.82, 2.24) is 20.7 Å². The van der Waals surface area contributed by atoms with Crippen LogP contribution in [0.2, 0.25) is 5.02 Å². The summed E-state index contributed by atoms with van der Waals surface area (Å²) in [6, 6.07) is 13.1. The molecule has 0 saturated heterocycles. The van der Waals surface area contributed by atoms with Crippen molar-refractivity contribution in [2.45, 2.75) is 6.54 Å².